The number of para-hydroxylation sites is 1. The molecule has 21 heavy (non-hydrogen) atoms. The van der Waals surface area contributed by atoms with Crippen LogP contribution in [-0.2, 0) is 11.3 Å². The van der Waals surface area contributed by atoms with E-state index in [9.17, 15) is 9.59 Å². The number of aromatic nitrogens is 1. The molecule has 106 valence electrons. The monoisotopic (exact) mass is 298 g/mol. The molecule has 1 N–H and O–H groups in total. The highest BCUT2D eigenvalue weighted by Gasteiger charge is 2.09. The Kier molecular flexibility index (Phi) is 3.58. The predicted octanol–water partition coefficient (Wildman–Crippen LogP) is 3.01. The number of fused-ring (bicyclic) bond motifs is 1. The highest BCUT2D eigenvalue weighted by molar-refractivity contribution is 7.17. The summed E-state index contributed by atoms with van der Waals surface area (Å²) >= 11 is 1.52. The first-order valence-corrected chi connectivity index (χ1v) is 7.45. The lowest BCUT2D eigenvalue weighted by Gasteiger charge is -2.09. The Morgan fingerprint density at radius 1 is 1.24 bits per heavy atom. The zero-order valence-electron chi connectivity index (χ0n) is 11.5. The first kappa shape index (κ1) is 13.6. The smallest absolute Gasteiger partial charge is 0.259 e. The molecule has 2 aromatic heterocycles. The van der Waals surface area contributed by atoms with Crippen molar-refractivity contribution in [1.82, 2.24) is 4.57 Å². The summed E-state index contributed by atoms with van der Waals surface area (Å²) in [6, 6.07) is 11.2. The Hall–Kier alpha value is -2.40. The minimum atomic E-state index is -0.207. The Labute approximate surface area is 125 Å². The highest BCUT2D eigenvalue weighted by atomic mass is 32.1. The molecule has 0 spiro atoms. The molecule has 0 saturated carbocycles. The molecule has 1 aromatic carbocycles. The molecular weight excluding hydrogens is 284 g/mol. The Morgan fingerprint density at radius 3 is 2.86 bits per heavy atom. The first-order valence-electron chi connectivity index (χ1n) is 6.57. The molecule has 3 aromatic rings. The molecule has 0 aliphatic heterocycles. The van der Waals surface area contributed by atoms with Gasteiger partial charge in [0.05, 0.1) is 5.39 Å². The van der Waals surface area contributed by atoms with Gasteiger partial charge in [0.2, 0.25) is 5.91 Å². The van der Waals surface area contributed by atoms with Crippen LogP contribution in [0.4, 0.5) is 5.69 Å². The fraction of sp³-hybridized carbons (Fsp3) is 0.125. The number of amides is 1. The van der Waals surface area contributed by atoms with E-state index in [4.69, 9.17) is 0 Å². The minimum Gasteiger partial charge on any atom is -0.324 e. The molecule has 0 aliphatic carbocycles. The van der Waals surface area contributed by atoms with E-state index in [1.54, 1.807) is 12.3 Å². The van der Waals surface area contributed by atoms with E-state index >= 15 is 0 Å². The summed E-state index contributed by atoms with van der Waals surface area (Å²) < 4.78 is 2.37. The maximum Gasteiger partial charge on any atom is 0.259 e. The van der Waals surface area contributed by atoms with E-state index in [-0.39, 0.29) is 18.0 Å². The molecule has 0 radical (unpaired) electrons. The minimum absolute atomic E-state index is 0.0129. The van der Waals surface area contributed by atoms with Gasteiger partial charge in [-0.05, 0) is 36.1 Å². The van der Waals surface area contributed by atoms with E-state index in [0.29, 0.717) is 5.39 Å². The lowest BCUT2D eigenvalue weighted by Crippen LogP contribution is -2.27. The normalized spacial score (nSPS) is 10.7. The molecule has 0 bridgehead atoms. The number of pyridine rings is 1. The van der Waals surface area contributed by atoms with Crippen LogP contribution in [0.2, 0.25) is 0 Å². The van der Waals surface area contributed by atoms with E-state index < -0.39 is 0 Å². The molecule has 0 aliphatic rings. The van der Waals surface area contributed by atoms with Crippen molar-refractivity contribution in [3.63, 3.8) is 0 Å². The largest absolute Gasteiger partial charge is 0.324 e. The summed E-state index contributed by atoms with van der Waals surface area (Å²) in [5, 5.41) is 5.37. The van der Waals surface area contributed by atoms with Crippen LogP contribution in [0, 0.1) is 6.92 Å². The number of carbonyl (C=O) groups is 1. The van der Waals surface area contributed by atoms with Crippen LogP contribution < -0.4 is 10.9 Å². The van der Waals surface area contributed by atoms with E-state index in [1.807, 2.05) is 42.6 Å². The van der Waals surface area contributed by atoms with Crippen LogP contribution in [0.3, 0.4) is 0 Å². The van der Waals surface area contributed by atoms with Gasteiger partial charge in [0.1, 0.15) is 6.54 Å². The Morgan fingerprint density at radius 2 is 2.05 bits per heavy atom. The second kappa shape index (κ2) is 5.54. The number of benzene rings is 1. The Bertz CT molecular complexity index is 864. The number of carbonyl (C=O) groups excluding carboxylic acids is 1. The quantitative estimate of drug-likeness (QED) is 0.808. The third-order valence-corrected chi connectivity index (χ3v) is 4.21. The maximum atomic E-state index is 12.2. The summed E-state index contributed by atoms with van der Waals surface area (Å²) in [7, 11) is 0. The molecule has 1 amide bonds. The van der Waals surface area contributed by atoms with Crippen molar-refractivity contribution in [2.24, 2.45) is 0 Å². The zero-order valence-corrected chi connectivity index (χ0v) is 12.3. The van der Waals surface area contributed by atoms with Crippen LogP contribution in [0.5, 0.6) is 0 Å². The summed E-state index contributed by atoms with van der Waals surface area (Å²) in [4.78, 5) is 24.3. The fourth-order valence-corrected chi connectivity index (χ4v) is 2.96. The van der Waals surface area contributed by atoms with Gasteiger partial charge in [0.25, 0.3) is 5.56 Å². The van der Waals surface area contributed by atoms with Gasteiger partial charge in [-0.1, -0.05) is 18.2 Å². The third-order valence-electron chi connectivity index (χ3n) is 3.33. The van der Waals surface area contributed by atoms with Crippen LogP contribution in [0.25, 0.3) is 10.1 Å². The Balaban J connectivity index is 1.82. The third kappa shape index (κ3) is 2.73. The number of hydrogen-bond acceptors (Lipinski definition) is 3. The van der Waals surface area contributed by atoms with Gasteiger partial charge in [0.15, 0.2) is 0 Å². The van der Waals surface area contributed by atoms with Gasteiger partial charge in [0, 0.05) is 16.6 Å². The fourth-order valence-electron chi connectivity index (χ4n) is 2.19. The molecule has 0 atom stereocenters. The molecule has 0 unspecified atom stereocenters. The van der Waals surface area contributed by atoms with Crippen molar-refractivity contribution >= 4 is 33.0 Å². The van der Waals surface area contributed by atoms with Crippen molar-refractivity contribution in [1.29, 1.82) is 0 Å². The SMILES string of the molecule is Cc1ccccc1NC(=O)Cn1ccc2sccc2c1=O. The van der Waals surface area contributed by atoms with Crippen LogP contribution >= 0.6 is 11.3 Å². The lowest BCUT2D eigenvalue weighted by atomic mass is 10.2. The second-order valence-electron chi connectivity index (χ2n) is 4.81. The van der Waals surface area contributed by atoms with Crippen molar-refractivity contribution in [2.75, 3.05) is 5.32 Å². The van der Waals surface area contributed by atoms with E-state index in [2.05, 4.69) is 5.32 Å². The van der Waals surface area contributed by atoms with Crippen LogP contribution in [-0.4, -0.2) is 10.5 Å². The average molecular weight is 298 g/mol. The summed E-state index contributed by atoms with van der Waals surface area (Å²) in [6.45, 7) is 1.94. The van der Waals surface area contributed by atoms with Crippen molar-refractivity contribution < 1.29 is 4.79 Å². The summed E-state index contributed by atoms with van der Waals surface area (Å²) in [5.41, 5.74) is 1.63. The number of rotatable bonds is 3. The van der Waals surface area contributed by atoms with Crippen LogP contribution in [0.1, 0.15) is 5.56 Å². The van der Waals surface area contributed by atoms with E-state index in [0.717, 1.165) is 16.0 Å². The number of nitrogens with one attached hydrogen (secondary N) is 1. The summed E-state index contributed by atoms with van der Waals surface area (Å²) in [5.74, 6) is -0.207. The molecule has 2 heterocycles. The van der Waals surface area contributed by atoms with Crippen molar-refractivity contribution in [2.45, 2.75) is 13.5 Å². The lowest BCUT2D eigenvalue weighted by molar-refractivity contribution is -0.116. The molecule has 0 fully saturated rings. The van der Waals surface area contributed by atoms with Crippen LogP contribution in [0.15, 0.2) is 52.8 Å². The zero-order chi connectivity index (χ0) is 14.8. The number of hydrogen-bond donors (Lipinski definition) is 1. The van der Waals surface area contributed by atoms with Gasteiger partial charge >= 0.3 is 0 Å². The second-order valence-corrected chi connectivity index (χ2v) is 5.76. The van der Waals surface area contributed by atoms with Crippen molar-refractivity contribution in [3.8, 4) is 0 Å². The number of nitrogens with zero attached hydrogens (tertiary/aromatic N) is 1. The van der Waals surface area contributed by atoms with Gasteiger partial charge < -0.3 is 9.88 Å². The van der Waals surface area contributed by atoms with Gasteiger partial charge in [-0.25, -0.2) is 0 Å². The van der Waals surface area contributed by atoms with Gasteiger partial charge in [-0.15, -0.1) is 11.3 Å². The molecule has 4 nitrogen and oxygen atoms in total. The maximum absolute atomic E-state index is 12.2. The predicted molar refractivity (Wildman–Crippen MR) is 85.9 cm³/mol. The van der Waals surface area contributed by atoms with Crippen molar-refractivity contribution in [3.05, 3.63) is 63.9 Å². The highest BCUT2D eigenvalue weighted by Crippen LogP contribution is 2.16. The van der Waals surface area contributed by atoms with E-state index in [1.165, 1.54) is 15.9 Å². The molecule has 0 saturated heterocycles. The van der Waals surface area contributed by atoms with Gasteiger partial charge in [-0.2, -0.15) is 0 Å². The molecule has 5 heteroatoms. The molecular formula is C16H14N2O2S. The number of aryl methyl sites for hydroxylation is 1. The topological polar surface area (TPSA) is 51.1 Å². The summed E-state index contributed by atoms with van der Waals surface area (Å²) in [6.07, 6.45) is 1.67. The van der Waals surface area contributed by atoms with Gasteiger partial charge in [-0.3, -0.25) is 9.59 Å². The average Bonchev–Trinajstić information content (AvgIpc) is 2.94. The number of anilines is 1. The standard InChI is InChI=1S/C16H14N2O2S/c1-11-4-2-3-5-13(11)17-15(19)10-18-8-6-14-12(16(18)20)7-9-21-14/h2-9H,10H2,1H3,(H,17,19). The number of thiophene rings is 1. The first-order chi connectivity index (χ1) is 10.1. The molecule has 3 rings (SSSR count).